The maximum Gasteiger partial charge on any atom is 0.173 e. The van der Waals surface area contributed by atoms with E-state index in [1.165, 1.54) is 0 Å². The number of benzene rings is 1. The van der Waals surface area contributed by atoms with Crippen molar-refractivity contribution in [1.82, 2.24) is 10.6 Å². The van der Waals surface area contributed by atoms with Gasteiger partial charge in [-0.05, 0) is 37.4 Å². The Morgan fingerprint density at radius 1 is 1.45 bits per heavy atom. The second kappa shape index (κ2) is 6.93. The number of thiocarbonyl (C=S) groups is 1. The summed E-state index contributed by atoms with van der Waals surface area (Å²) < 4.78 is 5.31. The molecule has 6 nitrogen and oxygen atoms in total. The lowest BCUT2D eigenvalue weighted by Gasteiger charge is -2.23. The number of aliphatic hydroxyl groups excluding tert-OH is 1. The monoisotopic (exact) mass is 317 g/mol. The van der Waals surface area contributed by atoms with Crippen LogP contribution in [-0.2, 0) is 0 Å². The summed E-state index contributed by atoms with van der Waals surface area (Å²) in [7, 11) is 0. The normalized spacial score (nSPS) is 17.9. The number of ether oxygens (including phenoxy) is 1. The Bertz CT molecular complexity index is 692. The first kappa shape index (κ1) is 15.8. The van der Waals surface area contributed by atoms with E-state index in [-0.39, 0.29) is 16.4 Å². The van der Waals surface area contributed by atoms with Gasteiger partial charge in [0.25, 0.3) is 0 Å². The zero-order valence-electron chi connectivity index (χ0n) is 11.8. The lowest BCUT2D eigenvalue weighted by molar-refractivity contribution is 0.196. The van der Waals surface area contributed by atoms with Gasteiger partial charge in [0.15, 0.2) is 22.8 Å². The van der Waals surface area contributed by atoms with Crippen LogP contribution in [0.1, 0.15) is 12.5 Å². The van der Waals surface area contributed by atoms with Crippen LogP contribution in [0.25, 0.3) is 6.08 Å². The summed E-state index contributed by atoms with van der Waals surface area (Å²) in [5.74, 6) is 0.393. The van der Waals surface area contributed by atoms with E-state index in [1.54, 1.807) is 30.4 Å². The zero-order chi connectivity index (χ0) is 16.1. The summed E-state index contributed by atoms with van der Waals surface area (Å²) in [5.41, 5.74) is 1.02. The quantitative estimate of drug-likeness (QED) is 0.623. The minimum absolute atomic E-state index is 0.0109. The maximum atomic E-state index is 10.1. The van der Waals surface area contributed by atoms with Gasteiger partial charge in [0.05, 0.1) is 12.3 Å². The van der Waals surface area contributed by atoms with Gasteiger partial charge < -0.3 is 25.6 Å². The number of nitriles is 1. The first-order chi connectivity index (χ1) is 10.6. The highest BCUT2D eigenvalue weighted by Gasteiger charge is 2.21. The number of rotatable bonds is 4. The van der Waals surface area contributed by atoms with E-state index in [0.717, 1.165) is 0 Å². The zero-order valence-corrected chi connectivity index (χ0v) is 12.6. The van der Waals surface area contributed by atoms with E-state index in [2.05, 4.69) is 10.6 Å². The van der Waals surface area contributed by atoms with Crippen molar-refractivity contribution < 1.29 is 14.9 Å². The van der Waals surface area contributed by atoms with Gasteiger partial charge in [-0.1, -0.05) is 12.1 Å². The van der Waals surface area contributed by atoms with E-state index in [1.807, 2.05) is 13.0 Å². The number of hydrogen-bond donors (Lipinski definition) is 4. The summed E-state index contributed by atoms with van der Waals surface area (Å²) in [6.45, 7) is 2.27. The number of aromatic hydroxyl groups is 1. The van der Waals surface area contributed by atoms with E-state index in [9.17, 15) is 10.2 Å². The van der Waals surface area contributed by atoms with Crippen LogP contribution in [0.3, 0.4) is 0 Å². The molecule has 0 bridgehead atoms. The molecule has 0 aliphatic carbocycles. The molecule has 2 rings (SSSR count). The van der Waals surface area contributed by atoms with Gasteiger partial charge in [0.2, 0.25) is 0 Å². The topological polar surface area (TPSA) is 97.5 Å². The summed E-state index contributed by atoms with van der Waals surface area (Å²) in [4.78, 5) is 0. The lowest BCUT2D eigenvalue weighted by Crippen LogP contribution is -2.47. The van der Waals surface area contributed by atoms with Crippen LogP contribution >= 0.6 is 12.2 Å². The number of allylic oxidation sites excluding steroid dienone is 1. The molecule has 1 aliphatic rings. The van der Waals surface area contributed by atoms with Crippen molar-refractivity contribution in [2.45, 2.75) is 13.2 Å². The summed E-state index contributed by atoms with van der Waals surface area (Å²) >= 11 is 4.94. The Labute approximate surface area is 133 Å². The Hall–Kier alpha value is -2.56. The number of nitrogens with one attached hydrogen (secondary N) is 2. The van der Waals surface area contributed by atoms with Crippen molar-refractivity contribution in [3.8, 4) is 17.6 Å². The van der Waals surface area contributed by atoms with Crippen LogP contribution in [0.2, 0.25) is 0 Å². The molecule has 0 aromatic heterocycles. The maximum absolute atomic E-state index is 10.1. The third-order valence-corrected chi connectivity index (χ3v) is 3.18. The molecular formula is C15H15N3O3S. The van der Waals surface area contributed by atoms with Gasteiger partial charge in [-0.25, -0.2) is 0 Å². The molecule has 1 atom stereocenters. The predicted molar refractivity (Wildman–Crippen MR) is 85.8 cm³/mol. The smallest absolute Gasteiger partial charge is 0.173 e. The SMILES string of the molecule is CCOc1cccc(/C=C/C2=C(C#N)C(O)NC(=S)N2)c1O. The first-order valence-corrected chi connectivity index (χ1v) is 7.00. The fourth-order valence-electron chi connectivity index (χ4n) is 1.94. The molecule has 1 aromatic carbocycles. The Balaban J connectivity index is 2.33. The van der Waals surface area contributed by atoms with Crippen molar-refractivity contribution >= 4 is 23.4 Å². The molecule has 0 saturated heterocycles. The van der Waals surface area contributed by atoms with Crippen LogP contribution in [0.15, 0.2) is 35.5 Å². The largest absolute Gasteiger partial charge is 0.504 e. The highest BCUT2D eigenvalue weighted by Crippen LogP contribution is 2.31. The fourth-order valence-corrected chi connectivity index (χ4v) is 2.16. The Kier molecular flexibility index (Phi) is 4.99. The van der Waals surface area contributed by atoms with Crippen LogP contribution in [0.4, 0.5) is 0 Å². The summed E-state index contributed by atoms with van der Waals surface area (Å²) in [6.07, 6.45) is 2.03. The van der Waals surface area contributed by atoms with Crippen LogP contribution < -0.4 is 15.4 Å². The van der Waals surface area contributed by atoms with E-state index in [4.69, 9.17) is 22.2 Å². The van der Waals surface area contributed by atoms with Crippen LogP contribution in [0, 0.1) is 11.3 Å². The summed E-state index contributed by atoms with van der Waals surface area (Å²) in [6, 6.07) is 7.03. The average molecular weight is 317 g/mol. The standard InChI is InChI=1S/C15H15N3O3S/c1-2-21-12-5-3-4-9(13(12)19)6-7-11-10(8-16)14(20)18-15(22)17-11/h3-7,14,19-20H,2H2,1H3,(H2,17,18,22)/b7-6+. The van der Waals surface area contributed by atoms with Gasteiger partial charge in [0, 0.05) is 5.56 Å². The van der Waals surface area contributed by atoms with Gasteiger partial charge in [0.1, 0.15) is 11.6 Å². The summed E-state index contributed by atoms with van der Waals surface area (Å²) in [5, 5.41) is 34.5. The number of nitrogens with zero attached hydrogens (tertiary/aromatic N) is 1. The molecule has 0 radical (unpaired) electrons. The van der Waals surface area contributed by atoms with Crippen molar-refractivity contribution in [2.24, 2.45) is 0 Å². The van der Waals surface area contributed by atoms with Gasteiger partial charge in [-0.3, -0.25) is 0 Å². The molecule has 22 heavy (non-hydrogen) atoms. The first-order valence-electron chi connectivity index (χ1n) is 6.59. The number of hydrogen-bond acceptors (Lipinski definition) is 5. The van der Waals surface area contributed by atoms with E-state index in [0.29, 0.717) is 23.6 Å². The lowest BCUT2D eigenvalue weighted by atomic mass is 10.1. The van der Waals surface area contributed by atoms with Gasteiger partial charge >= 0.3 is 0 Å². The van der Waals surface area contributed by atoms with Crippen molar-refractivity contribution in [3.63, 3.8) is 0 Å². The molecule has 4 N–H and O–H groups in total. The molecule has 0 fully saturated rings. The molecule has 1 heterocycles. The van der Waals surface area contributed by atoms with Crippen molar-refractivity contribution in [1.29, 1.82) is 5.26 Å². The minimum Gasteiger partial charge on any atom is -0.504 e. The molecule has 7 heteroatoms. The van der Waals surface area contributed by atoms with Crippen LogP contribution in [-0.4, -0.2) is 28.2 Å². The number of phenolic OH excluding ortho intramolecular Hbond substituents is 1. The third kappa shape index (κ3) is 3.36. The molecule has 1 unspecified atom stereocenters. The average Bonchev–Trinajstić information content (AvgIpc) is 2.48. The fraction of sp³-hybridized carbons (Fsp3) is 0.200. The molecular weight excluding hydrogens is 302 g/mol. The molecule has 1 aromatic rings. The van der Waals surface area contributed by atoms with E-state index >= 15 is 0 Å². The predicted octanol–water partition coefficient (Wildman–Crippen LogP) is 1.38. The molecule has 1 aliphatic heterocycles. The van der Waals surface area contributed by atoms with Crippen molar-refractivity contribution in [2.75, 3.05) is 6.61 Å². The number of para-hydroxylation sites is 1. The third-order valence-electron chi connectivity index (χ3n) is 2.96. The van der Waals surface area contributed by atoms with Gasteiger partial charge in [-0.15, -0.1) is 0 Å². The number of aliphatic hydroxyl groups is 1. The Morgan fingerprint density at radius 3 is 2.91 bits per heavy atom. The van der Waals surface area contributed by atoms with E-state index < -0.39 is 6.23 Å². The molecule has 0 amide bonds. The molecule has 0 saturated carbocycles. The molecule has 0 spiro atoms. The van der Waals surface area contributed by atoms with Gasteiger partial charge in [-0.2, -0.15) is 5.26 Å². The number of phenols is 1. The second-order valence-electron chi connectivity index (χ2n) is 4.40. The minimum atomic E-state index is -1.15. The Morgan fingerprint density at radius 2 is 2.23 bits per heavy atom. The second-order valence-corrected chi connectivity index (χ2v) is 4.81. The van der Waals surface area contributed by atoms with Crippen molar-refractivity contribution in [3.05, 3.63) is 41.1 Å². The molecule has 114 valence electrons. The highest BCUT2D eigenvalue weighted by atomic mass is 32.1. The van der Waals surface area contributed by atoms with Crippen LogP contribution in [0.5, 0.6) is 11.5 Å². The highest BCUT2D eigenvalue weighted by molar-refractivity contribution is 7.80.